The van der Waals surface area contributed by atoms with Gasteiger partial charge in [-0.15, -0.1) is 0 Å². The third-order valence-electron chi connectivity index (χ3n) is 2.79. The molecule has 82 valence electrons. The Labute approximate surface area is 88.7 Å². The molecule has 0 aromatic heterocycles. The van der Waals surface area contributed by atoms with Crippen LogP contribution in [0.25, 0.3) is 0 Å². The number of benzene rings is 1. The molecule has 0 fully saturated rings. The number of hydrogen-bond acceptors (Lipinski definition) is 3. The van der Waals surface area contributed by atoms with Crippen molar-refractivity contribution < 1.29 is 10.0 Å². The second kappa shape index (κ2) is 4.40. The standard InChI is InChI=1S/C11H15NO3/c1-3-11(13,4-2)9-5-7-10(8-6-9)12(14)15/h5-8,13H,3-4H2,1-2H3. The van der Waals surface area contributed by atoms with Gasteiger partial charge in [-0.05, 0) is 30.5 Å². The summed E-state index contributed by atoms with van der Waals surface area (Å²) in [5.74, 6) is 0. The lowest BCUT2D eigenvalue weighted by Gasteiger charge is -2.25. The Balaban J connectivity index is 3.02. The van der Waals surface area contributed by atoms with E-state index in [1.165, 1.54) is 12.1 Å². The van der Waals surface area contributed by atoms with E-state index in [0.29, 0.717) is 12.8 Å². The molecule has 0 saturated carbocycles. The van der Waals surface area contributed by atoms with Crippen LogP contribution in [0.5, 0.6) is 0 Å². The summed E-state index contributed by atoms with van der Waals surface area (Å²) < 4.78 is 0. The molecule has 1 aromatic carbocycles. The summed E-state index contributed by atoms with van der Waals surface area (Å²) in [6.45, 7) is 3.79. The lowest BCUT2D eigenvalue weighted by Crippen LogP contribution is -2.23. The van der Waals surface area contributed by atoms with Gasteiger partial charge in [0.05, 0.1) is 10.5 Å². The number of hydrogen-bond donors (Lipinski definition) is 1. The van der Waals surface area contributed by atoms with Gasteiger partial charge >= 0.3 is 0 Å². The molecule has 0 spiro atoms. The molecule has 4 heteroatoms. The van der Waals surface area contributed by atoms with Gasteiger partial charge in [0.1, 0.15) is 0 Å². The van der Waals surface area contributed by atoms with Gasteiger partial charge in [0, 0.05) is 12.1 Å². The second-order valence-electron chi connectivity index (χ2n) is 3.54. The highest BCUT2D eigenvalue weighted by Gasteiger charge is 2.24. The fourth-order valence-electron chi connectivity index (χ4n) is 1.55. The lowest BCUT2D eigenvalue weighted by atomic mass is 9.89. The molecule has 1 N–H and O–H groups in total. The molecule has 1 rings (SSSR count). The van der Waals surface area contributed by atoms with E-state index >= 15 is 0 Å². The van der Waals surface area contributed by atoms with Crippen LogP contribution in [0.1, 0.15) is 32.3 Å². The summed E-state index contributed by atoms with van der Waals surface area (Å²) in [7, 11) is 0. The SMILES string of the molecule is CCC(O)(CC)c1ccc([N+](=O)[O-])cc1. The monoisotopic (exact) mass is 209 g/mol. The normalized spacial score (nSPS) is 11.4. The molecule has 0 aliphatic rings. The summed E-state index contributed by atoms with van der Waals surface area (Å²) in [4.78, 5) is 10.0. The molecule has 1 aromatic rings. The molecular weight excluding hydrogens is 194 g/mol. The minimum atomic E-state index is -0.866. The summed E-state index contributed by atoms with van der Waals surface area (Å²) in [5, 5.41) is 20.6. The summed E-state index contributed by atoms with van der Waals surface area (Å²) in [5.41, 5.74) is -0.0822. The Morgan fingerprint density at radius 3 is 2.07 bits per heavy atom. The fraction of sp³-hybridized carbons (Fsp3) is 0.455. The quantitative estimate of drug-likeness (QED) is 0.612. The number of nitro groups is 1. The molecule has 15 heavy (non-hydrogen) atoms. The Kier molecular flexibility index (Phi) is 3.42. The Morgan fingerprint density at radius 1 is 1.27 bits per heavy atom. The van der Waals surface area contributed by atoms with E-state index in [-0.39, 0.29) is 5.69 Å². The van der Waals surface area contributed by atoms with Gasteiger partial charge in [0.25, 0.3) is 5.69 Å². The summed E-state index contributed by atoms with van der Waals surface area (Å²) in [6, 6.07) is 6.08. The average molecular weight is 209 g/mol. The maximum absolute atomic E-state index is 10.4. The molecule has 0 aliphatic carbocycles. The van der Waals surface area contributed by atoms with E-state index in [4.69, 9.17) is 0 Å². The van der Waals surface area contributed by atoms with Crippen molar-refractivity contribution in [2.75, 3.05) is 0 Å². The Morgan fingerprint density at radius 2 is 1.73 bits per heavy atom. The van der Waals surface area contributed by atoms with Gasteiger partial charge in [-0.3, -0.25) is 10.1 Å². The first-order valence-corrected chi connectivity index (χ1v) is 5.01. The Hall–Kier alpha value is -1.42. The van der Waals surface area contributed by atoms with Crippen LogP contribution < -0.4 is 0 Å². The van der Waals surface area contributed by atoms with E-state index < -0.39 is 10.5 Å². The predicted octanol–water partition coefficient (Wildman–Crippen LogP) is 2.60. The van der Waals surface area contributed by atoms with Gasteiger partial charge in [0.2, 0.25) is 0 Å². The molecule has 4 nitrogen and oxygen atoms in total. The molecule has 0 heterocycles. The lowest BCUT2D eigenvalue weighted by molar-refractivity contribution is -0.384. The molecule has 0 saturated heterocycles. The zero-order valence-electron chi connectivity index (χ0n) is 8.93. The van der Waals surface area contributed by atoms with E-state index in [1.54, 1.807) is 12.1 Å². The van der Waals surface area contributed by atoms with Crippen LogP contribution in [0, 0.1) is 10.1 Å². The van der Waals surface area contributed by atoms with Crippen molar-refractivity contribution in [2.45, 2.75) is 32.3 Å². The Bertz CT molecular complexity index is 341. The number of nitro benzene ring substituents is 1. The van der Waals surface area contributed by atoms with Crippen LogP contribution in [-0.2, 0) is 5.60 Å². The zero-order chi connectivity index (χ0) is 11.5. The second-order valence-corrected chi connectivity index (χ2v) is 3.54. The first-order chi connectivity index (χ1) is 7.03. The number of non-ortho nitro benzene ring substituents is 1. The van der Waals surface area contributed by atoms with Gasteiger partial charge in [-0.2, -0.15) is 0 Å². The van der Waals surface area contributed by atoms with Crippen molar-refractivity contribution in [3.05, 3.63) is 39.9 Å². The summed E-state index contributed by atoms with van der Waals surface area (Å²) >= 11 is 0. The number of rotatable bonds is 4. The van der Waals surface area contributed by atoms with Crippen LogP contribution >= 0.6 is 0 Å². The van der Waals surface area contributed by atoms with Gasteiger partial charge in [-0.1, -0.05) is 13.8 Å². The van der Waals surface area contributed by atoms with Gasteiger partial charge in [-0.25, -0.2) is 0 Å². The fourth-order valence-corrected chi connectivity index (χ4v) is 1.55. The average Bonchev–Trinajstić information content (AvgIpc) is 2.28. The van der Waals surface area contributed by atoms with Crippen LogP contribution in [-0.4, -0.2) is 10.0 Å². The van der Waals surface area contributed by atoms with Crippen molar-refractivity contribution in [1.82, 2.24) is 0 Å². The maximum atomic E-state index is 10.4. The third kappa shape index (κ3) is 2.33. The topological polar surface area (TPSA) is 63.4 Å². The maximum Gasteiger partial charge on any atom is 0.269 e. The van der Waals surface area contributed by atoms with Crippen LogP contribution in [0.15, 0.2) is 24.3 Å². The smallest absolute Gasteiger partial charge is 0.269 e. The van der Waals surface area contributed by atoms with Gasteiger partial charge < -0.3 is 5.11 Å². The van der Waals surface area contributed by atoms with Crippen molar-refractivity contribution in [3.8, 4) is 0 Å². The molecular formula is C11H15NO3. The van der Waals surface area contributed by atoms with E-state index in [0.717, 1.165) is 5.56 Å². The van der Waals surface area contributed by atoms with Crippen molar-refractivity contribution in [3.63, 3.8) is 0 Å². The van der Waals surface area contributed by atoms with Crippen molar-refractivity contribution in [2.24, 2.45) is 0 Å². The molecule has 0 bridgehead atoms. The predicted molar refractivity (Wildman–Crippen MR) is 57.6 cm³/mol. The largest absolute Gasteiger partial charge is 0.385 e. The van der Waals surface area contributed by atoms with Crippen molar-refractivity contribution >= 4 is 5.69 Å². The zero-order valence-corrected chi connectivity index (χ0v) is 8.93. The minimum Gasteiger partial charge on any atom is -0.385 e. The van der Waals surface area contributed by atoms with Gasteiger partial charge in [0.15, 0.2) is 0 Å². The highest BCUT2D eigenvalue weighted by atomic mass is 16.6. The molecule has 0 amide bonds. The highest BCUT2D eigenvalue weighted by Crippen LogP contribution is 2.29. The minimum absolute atomic E-state index is 0.0494. The first kappa shape index (κ1) is 11.7. The third-order valence-corrected chi connectivity index (χ3v) is 2.79. The van der Waals surface area contributed by atoms with Crippen LogP contribution in [0.2, 0.25) is 0 Å². The van der Waals surface area contributed by atoms with Crippen LogP contribution in [0.3, 0.4) is 0 Å². The molecule has 0 atom stereocenters. The summed E-state index contributed by atoms with van der Waals surface area (Å²) in [6.07, 6.45) is 1.20. The van der Waals surface area contributed by atoms with Crippen molar-refractivity contribution in [1.29, 1.82) is 0 Å². The highest BCUT2D eigenvalue weighted by molar-refractivity contribution is 5.35. The molecule has 0 unspecified atom stereocenters. The van der Waals surface area contributed by atoms with E-state index in [9.17, 15) is 15.2 Å². The molecule has 0 aliphatic heterocycles. The number of aliphatic hydroxyl groups is 1. The molecule has 0 radical (unpaired) electrons. The number of nitrogens with zero attached hydrogens (tertiary/aromatic N) is 1. The van der Waals surface area contributed by atoms with E-state index in [1.807, 2.05) is 13.8 Å². The van der Waals surface area contributed by atoms with E-state index in [2.05, 4.69) is 0 Å². The van der Waals surface area contributed by atoms with Crippen LogP contribution in [0.4, 0.5) is 5.69 Å². The first-order valence-electron chi connectivity index (χ1n) is 5.01.